The van der Waals surface area contributed by atoms with E-state index in [1.807, 2.05) is 18.2 Å². The quantitative estimate of drug-likeness (QED) is 0.854. The number of rotatable bonds is 2. The molecule has 4 nitrogen and oxygen atoms in total. The maximum Gasteiger partial charge on any atom is 0.348 e. The van der Waals surface area contributed by atoms with Crippen molar-refractivity contribution in [3.63, 3.8) is 0 Å². The largest absolute Gasteiger partial charge is 0.512 e. The second-order valence-corrected chi connectivity index (χ2v) is 5.88. The molecular weight excluding hydrogens is 274 g/mol. The van der Waals surface area contributed by atoms with E-state index in [1.165, 1.54) is 18.4 Å². The van der Waals surface area contributed by atoms with Crippen molar-refractivity contribution in [2.45, 2.75) is 25.2 Å². The van der Waals surface area contributed by atoms with Crippen LogP contribution in [0.5, 0.6) is 0 Å². The normalized spacial score (nSPS) is 18.9. The van der Waals surface area contributed by atoms with Crippen molar-refractivity contribution in [3.05, 3.63) is 40.7 Å². The number of ether oxygens (including phenoxy) is 1. The van der Waals surface area contributed by atoms with Gasteiger partial charge in [-0.25, -0.2) is 4.79 Å². The molecule has 1 aliphatic rings. The highest BCUT2D eigenvalue weighted by atomic mass is 32.1. The third kappa shape index (κ3) is 2.18. The van der Waals surface area contributed by atoms with E-state index in [-0.39, 0.29) is 11.9 Å². The molecule has 0 saturated heterocycles. The zero-order valence-corrected chi connectivity index (χ0v) is 11.9. The second kappa shape index (κ2) is 5.25. The Balaban J connectivity index is 2.11. The highest BCUT2D eigenvalue weighted by Gasteiger charge is 2.24. The Bertz CT molecular complexity index is 689. The summed E-state index contributed by atoms with van der Waals surface area (Å²) in [5, 5.41) is 11.0. The number of pyridine rings is 1. The standard InChI is InChI=1S/C15H15NO3S/c1-19-15(18)12-8-9-6-7-16-13(14(9)20-12)10-4-2-3-5-11(10)17/h5-8,10,17H,2-4H2,1H3. The average Bonchev–Trinajstić information content (AvgIpc) is 2.91. The number of aromatic nitrogens is 1. The Morgan fingerprint density at radius 2 is 2.40 bits per heavy atom. The zero-order valence-electron chi connectivity index (χ0n) is 11.1. The molecule has 104 valence electrons. The number of thiophene rings is 1. The number of nitrogens with zero attached hydrogens (tertiary/aromatic N) is 1. The summed E-state index contributed by atoms with van der Waals surface area (Å²) in [6, 6.07) is 3.70. The fourth-order valence-electron chi connectivity index (χ4n) is 2.57. The van der Waals surface area contributed by atoms with Crippen molar-refractivity contribution in [2.75, 3.05) is 7.11 Å². The van der Waals surface area contributed by atoms with Crippen LogP contribution in [0.25, 0.3) is 10.1 Å². The Kier molecular flexibility index (Phi) is 3.44. The topological polar surface area (TPSA) is 59.4 Å². The first-order valence-electron chi connectivity index (χ1n) is 6.56. The number of aliphatic hydroxyl groups is 1. The van der Waals surface area contributed by atoms with Crippen molar-refractivity contribution in [1.82, 2.24) is 4.98 Å². The van der Waals surface area contributed by atoms with Crippen molar-refractivity contribution in [3.8, 4) is 0 Å². The summed E-state index contributed by atoms with van der Waals surface area (Å²) in [5.74, 6) is 0.00132. The first kappa shape index (κ1) is 13.1. The van der Waals surface area contributed by atoms with Crippen LogP contribution in [0, 0.1) is 0 Å². The van der Waals surface area contributed by atoms with Gasteiger partial charge in [0.2, 0.25) is 0 Å². The predicted octanol–water partition coefficient (Wildman–Crippen LogP) is 3.79. The molecule has 0 aliphatic heterocycles. The Labute approximate surface area is 120 Å². The third-order valence-corrected chi connectivity index (χ3v) is 4.74. The van der Waals surface area contributed by atoms with Gasteiger partial charge >= 0.3 is 5.97 Å². The lowest BCUT2D eigenvalue weighted by Crippen LogP contribution is -2.08. The van der Waals surface area contributed by atoms with E-state index in [9.17, 15) is 9.90 Å². The zero-order chi connectivity index (χ0) is 14.1. The molecule has 0 radical (unpaired) electrons. The molecule has 5 heteroatoms. The van der Waals surface area contributed by atoms with Crippen LogP contribution in [0.3, 0.4) is 0 Å². The van der Waals surface area contributed by atoms with Crippen LogP contribution < -0.4 is 0 Å². The summed E-state index contributed by atoms with van der Waals surface area (Å²) in [4.78, 5) is 16.6. The number of hydrogen-bond acceptors (Lipinski definition) is 5. The molecule has 1 N–H and O–H groups in total. The molecule has 0 aromatic carbocycles. The predicted molar refractivity (Wildman–Crippen MR) is 78.3 cm³/mol. The van der Waals surface area contributed by atoms with Gasteiger partial charge in [-0.15, -0.1) is 11.3 Å². The molecule has 1 unspecified atom stereocenters. The van der Waals surface area contributed by atoms with E-state index in [0.29, 0.717) is 10.6 Å². The van der Waals surface area contributed by atoms with E-state index in [4.69, 9.17) is 4.74 Å². The molecule has 0 bridgehead atoms. The molecule has 0 amide bonds. The molecule has 1 aliphatic carbocycles. The van der Waals surface area contributed by atoms with E-state index in [0.717, 1.165) is 35.0 Å². The number of aliphatic hydroxyl groups excluding tert-OH is 1. The summed E-state index contributed by atoms with van der Waals surface area (Å²) in [5.41, 5.74) is 0.858. The van der Waals surface area contributed by atoms with Gasteiger partial charge in [-0.3, -0.25) is 4.98 Å². The molecule has 0 fully saturated rings. The molecule has 3 rings (SSSR count). The Morgan fingerprint density at radius 1 is 1.55 bits per heavy atom. The first-order valence-corrected chi connectivity index (χ1v) is 7.38. The SMILES string of the molecule is COC(=O)c1cc2ccnc(C3CCCC=C3O)c2s1. The third-order valence-electron chi connectivity index (χ3n) is 3.59. The molecule has 1 atom stereocenters. The summed E-state index contributed by atoms with van der Waals surface area (Å²) >= 11 is 1.38. The maximum absolute atomic E-state index is 11.6. The van der Waals surface area contributed by atoms with Gasteiger partial charge < -0.3 is 9.84 Å². The van der Waals surface area contributed by atoms with Gasteiger partial charge in [-0.05, 0) is 42.9 Å². The van der Waals surface area contributed by atoms with E-state index < -0.39 is 0 Å². The number of allylic oxidation sites excluding steroid dienone is 2. The summed E-state index contributed by atoms with van der Waals surface area (Å²) in [6.07, 6.45) is 6.44. The Morgan fingerprint density at radius 3 is 3.15 bits per heavy atom. The number of hydrogen-bond donors (Lipinski definition) is 1. The van der Waals surface area contributed by atoms with Crippen LogP contribution in [0.2, 0.25) is 0 Å². The fraction of sp³-hybridized carbons (Fsp3) is 0.333. The van der Waals surface area contributed by atoms with Crippen molar-refractivity contribution < 1.29 is 14.6 Å². The highest BCUT2D eigenvalue weighted by Crippen LogP contribution is 2.38. The van der Waals surface area contributed by atoms with Crippen molar-refractivity contribution in [2.24, 2.45) is 0 Å². The molecule has 0 saturated carbocycles. The number of fused-ring (bicyclic) bond motifs is 1. The van der Waals surface area contributed by atoms with E-state index in [1.54, 1.807) is 6.20 Å². The van der Waals surface area contributed by atoms with Gasteiger partial charge in [-0.2, -0.15) is 0 Å². The van der Waals surface area contributed by atoms with E-state index in [2.05, 4.69) is 4.98 Å². The minimum Gasteiger partial charge on any atom is -0.512 e. The minimum atomic E-state index is -0.333. The number of esters is 1. The molecular formula is C15H15NO3S. The maximum atomic E-state index is 11.6. The second-order valence-electron chi connectivity index (χ2n) is 4.83. The molecule has 0 spiro atoms. The monoisotopic (exact) mass is 289 g/mol. The smallest absolute Gasteiger partial charge is 0.348 e. The van der Waals surface area contributed by atoms with Crippen molar-refractivity contribution >= 4 is 27.4 Å². The van der Waals surface area contributed by atoms with Gasteiger partial charge in [0.05, 0.1) is 29.2 Å². The average molecular weight is 289 g/mol. The molecule has 2 heterocycles. The fourth-order valence-corrected chi connectivity index (χ4v) is 3.69. The highest BCUT2D eigenvalue weighted by molar-refractivity contribution is 7.20. The van der Waals surface area contributed by atoms with Crippen LogP contribution in [-0.4, -0.2) is 23.2 Å². The summed E-state index contributed by atoms with van der Waals surface area (Å²) in [6.45, 7) is 0. The lowest BCUT2D eigenvalue weighted by molar-refractivity contribution is 0.0606. The van der Waals surface area contributed by atoms with Crippen LogP contribution in [-0.2, 0) is 4.74 Å². The molecule has 20 heavy (non-hydrogen) atoms. The first-order chi connectivity index (χ1) is 9.70. The van der Waals surface area contributed by atoms with Crippen LogP contribution in [0.15, 0.2) is 30.2 Å². The lowest BCUT2D eigenvalue weighted by Gasteiger charge is -2.19. The van der Waals surface area contributed by atoms with Gasteiger partial charge in [0, 0.05) is 6.20 Å². The van der Waals surface area contributed by atoms with E-state index >= 15 is 0 Å². The van der Waals surface area contributed by atoms with Crippen LogP contribution in [0.4, 0.5) is 0 Å². The molecule has 2 aromatic rings. The van der Waals surface area contributed by atoms with Crippen molar-refractivity contribution in [1.29, 1.82) is 0 Å². The lowest BCUT2D eigenvalue weighted by atomic mass is 9.90. The molecule has 2 aromatic heterocycles. The van der Waals surface area contributed by atoms with Crippen LogP contribution >= 0.6 is 11.3 Å². The number of methoxy groups -OCH3 is 1. The summed E-state index contributed by atoms with van der Waals surface area (Å²) < 4.78 is 5.72. The van der Waals surface area contributed by atoms with Crippen LogP contribution in [0.1, 0.15) is 40.5 Å². The van der Waals surface area contributed by atoms with Gasteiger partial charge in [0.15, 0.2) is 0 Å². The van der Waals surface area contributed by atoms with Gasteiger partial charge in [-0.1, -0.05) is 0 Å². The summed E-state index contributed by atoms with van der Waals surface area (Å²) in [7, 11) is 1.38. The van der Waals surface area contributed by atoms with Gasteiger partial charge in [0.1, 0.15) is 4.88 Å². The Hall–Kier alpha value is -1.88. The number of carbonyl (C=O) groups excluding carboxylic acids is 1. The van der Waals surface area contributed by atoms with Gasteiger partial charge in [0.25, 0.3) is 0 Å². The number of carbonyl (C=O) groups is 1. The minimum absolute atomic E-state index is 0.0587.